The van der Waals surface area contributed by atoms with Crippen molar-refractivity contribution in [2.45, 2.75) is 17.9 Å². The van der Waals surface area contributed by atoms with E-state index in [1.807, 2.05) is 61.5 Å². The van der Waals surface area contributed by atoms with E-state index in [2.05, 4.69) is 5.32 Å². The molecule has 0 heterocycles. The minimum atomic E-state index is -3.77. The molecule has 4 rings (SSSR count). The van der Waals surface area contributed by atoms with Crippen LogP contribution in [0.1, 0.15) is 33.1 Å². The first-order valence-electron chi connectivity index (χ1n) is 11.5. The number of nitrogens with zero attached hydrogens (tertiary/aromatic N) is 1. The Balaban J connectivity index is 1.56. The van der Waals surface area contributed by atoms with Crippen LogP contribution in [0.5, 0.6) is 5.75 Å². The molecule has 0 aliphatic carbocycles. The van der Waals surface area contributed by atoms with Gasteiger partial charge in [-0.1, -0.05) is 54.6 Å². The number of methoxy groups -OCH3 is 1. The number of sulfonamides is 1. The second kappa shape index (κ2) is 10.7. The number of ether oxygens (including phenoxy) is 1. The fourth-order valence-corrected chi connectivity index (χ4v) is 5.17. The van der Waals surface area contributed by atoms with Gasteiger partial charge in [0.2, 0.25) is 0 Å². The summed E-state index contributed by atoms with van der Waals surface area (Å²) in [5, 5.41) is 3.14. The molecule has 7 heteroatoms. The van der Waals surface area contributed by atoms with E-state index >= 15 is 0 Å². The van der Waals surface area contributed by atoms with Gasteiger partial charge in [-0.25, -0.2) is 8.42 Å². The number of benzene rings is 4. The summed E-state index contributed by atoms with van der Waals surface area (Å²) in [5.74, 6) is 0.325. The third kappa shape index (κ3) is 5.26. The highest BCUT2D eigenvalue weighted by Gasteiger charge is 2.23. The van der Waals surface area contributed by atoms with Crippen LogP contribution in [0.4, 0.5) is 5.69 Å². The second-order valence-electron chi connectivity index (χ2n) is 8.37. The first kappa shape index (κ1) is 25.0. The molecule has 0 radical (unpaired) electrons. The Labute approximate surface area is 212 Å². The topological polar surface area (TPSA) is 75.7 Å². The number of hydrogen-bond donors (Lipinski definition) is 1. The third-order valence-electron chi connectivity index (χ3n) is 6.12. The van der Waals surface area contributed by atoms with Crippen molar-refractivity contribution in [2.75, 3.05) is 18.5 Å². The molecule has 4 aromatic carbocycles. The lowest BCUT2D eigenvalue weighted by atomic mass is 9.94. The number of hydrogen-bond acceptors (Lipinski definition) is 4. The summed E-state index contributed by atoms with van der Waals surface area (Å²) in [4.78, 5) is 13.4. The Morgan fingerprint density at radius 2 is 1.44 bits per heavy atom. The van der Waals surface area contributed by atoms with Crippen molar-refractivity contribution in [2.24, 2.45) is 0 Å². The summed E-state index contributed by atoms with van der Waals surface area (Å²) >= 11 is 0. The van der Waals surface area contributed by atoms with Gasteiger partial charge in [0.25, 0.3) is 15.9 Å². The molecule has 0 saturated heterocycles. The Kier molecular flexibility index (Phi) is 7.41. The predicted octanol–water partition coefficient (Wildman–Crippen LogP) is 5.35. The molecule has 0 unspecified atom stereocenters. The number of nitrogens with one attached hydrogen (secondary N) is 1. The van der Waals surface area contributed by atoms with E-state index in [0.717, 1.165) is 16.7 Å². The lowest BCUT2D eigenvalue weighted by molar-refractivity contribution is 0.0943. The summed E-state index contributed by atoms with van der Waals surface area (Å²) in [6, 6.07) is 30.2. The number of carbonyl (C=O) groups is 1. The molecule has 6 nitrogen and oxygen atoms in total. The fraction of sp³-hybridized carbons (Fsp3) is 0.138. The third-order valence-corrected chi connectivity index (χ3v) is 7.92. The average Bonchev–Trinajstić information content (AvgIpc) is 2.92. The van der Waals surface area contributed by atoms with Crippen molar-refractivity contribution in [3.05, 3.63) is 125 Å². The fourth-order valence-electron chi connectivity index (χ4n) is 3.98. The van der Waals surface area contributed by atoms with Crippen LogP contribution in [-0.2, 0) is 10.0 Å². The van der Waals surface area contributed by atoms with E-state index in [1.165, 1.54) is 30.6 Å². The molecular weight excluding hydrogens is 472 g/mol. The second-order valence-corrected chi connectivity index (χ2v) is 10.3. The molecule has 0 saturated carbocycles. The minimum absolute atomic E-state index is 0.150. The number of carbonyl (C=O) groups excluding carboxylic acids is 1. The SMILES string of the molecule is COc1ccc(S(=O)(=O)N(C)c2ccc(C(=O)N[C@@H](c3ccccc3)c3ccccc3C)cc2)cc1. The van der Waals surface area contributed by atoms with Crippen LogP contribution < -0.4 is 14.4 Å². The van der Waals surface area contributed by atoms with E-state index in [9.17, 15) is 13.2 Å². The molecule has 0 aliphatic heterocycles. The van der Waals surface area contributed by atoms with Gasteiger partial charge in [0, 0.05) is 12.6 Å². The number of aryl methyl sites for hydroxylation is 1. The highest BCUT2D eigenvalue weighted by molar-refractivity contribution is 7.92. The van der Waals surface area contributed by atoms with Gasteiger partial charge < -0.3 is 10.1 Å². The summed E-state index contributed by atoms with van der Waals surface area (Å²) in [6.45, 7) is 2.02. The Bertz CT molecular complexity index is 1440. The Hall–Kier alpha value is -4.10. The zero-order valence-corrected chi connectivity index (χ0v) is 21.2. The Morgan fingerprint density at radius 1 is 0.833 bits per heavy atom. The van der Waals surface area contributed by atoms with E-state index < -0.39 is 10.0 Å². The molecule has 0 spiro atoms. The maximum absolute atomic E-state index is 13.2. The minimum Gasteiger partial charge on any atom is -0.497 e. The summed E-state index contributed by atoms with van der Waals surface area (Å²) < 4.78 is 32.4. The smallest absolute Gasteiger partial charge is 0.264 e. The summed E-state index contributed by atoms with van der Waals surface area (Å²) in [7, 11) is -0.760. The summed E-state index contributed by atoms with van der Waals surface area (Å²) in [6.07, 6.45) is 0. The average molecular weight is 501 g/mol. The zero-order valence-electron chi connectivity index (χ0n) is 20.4. The quantitative estimate of drug-likeness (QED) is 0.354. The van der Waals surface area contributed by atoms with Crippen LogP contribution in [0, 0.1) is 6.92 Å². The van der Waals surface area contributed by atoms with Crippen molar-refractivity contribution in [3.8, 4) is 5.75 Å². The van der Waals surface area contributed by atoms with Crippen LogP contribution in [0.15, 0.2) is 108 Å². The molecule has 0 fully saturated rings. The maximum Gasteiger partial charge on any atom is 0.264 e. The number of amides is 1. The van der Waals surface area contributed by atoms with E-state index in [4.69, 9.17) is 4.74 Å². The molecule has 4 aromatic rings. The van der Waals surface area contributed by atoms with Gasteiger partial charge in [-0.05, 0) is 72.1 Å². The van der Waals surface area contributed by atoms with E-state index in [0.29, 0.717) is 17.0 Å². The van der Waals surface area contributed by atoms with E-state index in [-0.39, 0.29) is 16.8 Å². The van der Waals surface area contributed by atoms with Crippen molar-refractivity contribution in [3.63, 3.8) is 0 Å². The number of rotatable bonds is 8. The molecule has 1 N–H and O–H groups in total. The standard InChI is InChI=1S/C29H28N2O4S/c1-21-9-7-8-12-27(21)28(22-10-5-4-6-11-22)30-29(32)23-13-15-24(16-14-23)31(2)36(33,34)26-19-17-25(35-3)18-20-26/h4-20,28H,1-3H3,(H,30,32)/t28-/m0/s1. The molecule has 1 amide bonds. The van der Waals surface area contributed by atoms with Crippen LogP contribution >= 0.6 is 0 Å². The molecule has 184 valence electrons. The van der Waals surface area contributed by atoms with Gasteiger partial charge in [0.05, 0.1) is 23.7 Å². The zero-order chi connectivity index (χ0) is 25.7. The van der Waals surface area contributed by atoms with Gasteiger partial charge in [0.15, 0.2) is 0 Å². The van der Waals surface area contributed by atoms with Crippen LogP contribution in [-0.4, -0.2) is 28.5 Å². The van der Waals surface area contributed by atoms with Crippen molar-refractivity contribution in [1.29, 1.82) is 0 Å². The van der Waals surface area contributed by atoms with Gasteiger partial charge in [-0.15, -0.1) is 0 Å². The first-order chi connectivity index (χ1) is 17.3. The highest BCUT2D eigenvalue weighted by atomic mass is 32.2. The van der Waals surface area contributed by atoms with Crippen molar-refractivity contribution in [1.82, 2.24) is 5.32 Å². The Morgan fingerprint density at radius 3 is 2.06 bits per heavy atom. The molecule has 36 heavy (non-hydrogen) atoms. The maximum atomic E-state index is 13.2. The molecular formula is C29H28N2O4S. The van der Waals surface area contributed by atoms with Gasteiger partial charge in [-0.3, -0.25) is 9.10 Å². The normalized spacial score (nSPS) is 12.0. The molecule has 0 aromatic heterocycles. The molecule has 0 aliphatic rings. The van der Waals surface area contributed by atoms with Gasteiger partial charge in [0.1, 0.15) is 5.75 Å². The molecule has 1 atom stereocenters. The van der Waals surface area contributed by atoms with Crippen LogP contribution in [0.3, 0.4) is 0 Å². The molecule has 0 bridgehead atoms. The number of anilines is 1. The first-order valence-corrected chi connectivity index (χ1v) is 12.9. The van der Waals surface area contributed by atoms with Crippen LogP contribution in [0.2, 0.25) is 0 Å². The monoisotopic (exact) mass is 500 g/mol. The summed E-state index contributed by atoms with van der Waals surface area (Å²) in [5.41, 5.74) is 3.94. The van der Waals surface area contributed by atoms with Crippen molar-refractivity contribution >= 4 is 21.6 Å². The van der Waals surface area contributed by atoms with Gasteiger partial charge >= 0.3 is 0 Å². The predicted molar refractivity (Wildman–Crippen MR) is 142 cm³/mol. The lowest BCUT2D eigenvalue weighted by Crippen LogP contribution is -2.30. The van der Waals surface area contributed by atoms with Crippen LogP contribution in [0.25, 0.3) is 0 Å². The van der Waals surface area contributed by atoms with Gasteiger partial charge in [-0.2, -0.15) is 0 Å². The lowest BCUT2D eigenvalue weighted by Gasteiger charge is -2.22. The van der Waals surface area contributed by atoms with E-state index in [1.54, 1.807) is 36.4 Å². The van der Waals surface area contributed by atoms with Crippen molar-refractivity contribution < 1.29 is 17.9 Å². The highest BCUT2D eigenvalue weighted by Crippen LogP contribution is 2.27. The largest absolute Gasteiger partial charge is 0.497 e.